The predicted molar refractivity (Wildman–Crippen MR) is 50.3 cm³/mol. The van der Waals surface area contributed by atoms with Gasteiger partial charge in [-0.1, -0.05) is 6.92 Å². The Morgan fingerprint density at radius 3 is 2.69 bits per heavy atom. The highest BCUT2D eigenvalue weighted by molar-refractivity contribution is 5.96. The molecule has 1 aliphatic rings. The molecule has 1 amide bonds. The fraction of sp³-hybridized carbons (Fsp3) is 0.800. The summed E-state index contributed by atoms with van der Waals surface area (Å²) in [5.74, 6) is 0.548. The fourth-order valence-corrected chi connectivity index (χ4v) is 1.74. The maximum atomic E-state index is 11.5. The largest absolute Gasteiger partial charge is 0.342 e. The van der Waals surface area contributed by atoms with Crippen molar-refractivity contribution in [2.24, 2.45) is 5.92 Å². The van der Waals surface area contributed by atoms with Crippen LogP contribution in [-0.4, -0.2) is 29.7 Å². The fourth-order valence-electron chi connectivity index (χ4n) is 1.74. The summed E-state index contributed by atoms with van der Waals surface area (Å²) in [6, 6.07) is 0. The molecule has 0 aromatic carbocycles. The first-order valence-electron chi connectivity index (χ1n) is 4.87. The van der Waals surface area contributed by atoms with Gasteiger partial charge in [-0.05, 0) is 25.7 Å². The van der Waals surface area contributed by atoms with Crippen molar-refractivity contribution in [3.8, 4) is 0 Å². The number of carbonyl (C=O) groups is 2. The number of piperidine rings is 1. The molecule has 0 spiro atoms. The maximum absolute atomic E-state index is 11.5. The first-order chi connectivity index (χ1) is 6.09. The van der Waals surface area contributed by atoms with Gasteiger partial charge in [-0.15, -0.1) is 0 Å². The zero-order valence-corrected chi connectivity index (χ0v) is 8.38. The summed E-state index contributed by atoms with van der Waals surface area (Å²) < 4.78 is 0. The number of Topliss-reactive ketones (excluding diaryl/α,β-unsaturated/α-hetero) is 1. The summed E-state index contributed by atoms with van der Waals surface area (Å²) >= 11 is 0. The highest BCUT2D eigenvalue weighted by Crippen LogP contribution is 2.15. The van der Waals surface area contributed by atoms with Crippen molar-refractivity contribution in [2.75, 3.05) is 13.1 Å². The minimum absolute atomic E-state index is 0.000880. The monoisotopic (exact) mass is 183 g/mol. The molecule has 0 aromatic heterocycles. The van der Waals surface area contributed by atoms with Crippen molar-refractivity contribution in [2.45, 2.75) is 33.1 Å². The van der Waals surface area contributed by atoms with Crippen LogP contribution in [0, 0.1) is 5.92 Å². The second kappa shape index (κ2) is 4.40. The van der Waals surface area contributed by atoms with Crippen LogP contribution in [0.25, 0.3) is 0 Å². The lowest BCUT2D eigenvalue weighted by atomic mass is 10.00. The van der Waals surface area contributed by atoms with Gasteiger partial charge in [0.1, 0.15) is 5.78 Å². The van der Waals surface area contributed by atoms with E-state index in [0.717, 1.165) is 19.5 Å². The summed E-state index contributed by atoms with van der Waals surface area (Å²) in [7, 11) is 0. The van der Waals surface area contributed by atoms with E-state index in [2.05, 4.69) is 6.92 Å². The molecule has 1 heterocycles. The van der Waals surface area contributed by atoms with Crippen molar-refractivity contribution in [1.82, 2.24) is 4.90 Å². The third-order valence-corrected chi connectivity index (χ3v) is 2.41. The van der Waals surface area contributed by atoms with Gasteiger partial charge in [0.2, 0.25) is 5.91 Å². The Balaban J connectivity index is 2.41. The molecule has 1 rings (SSSR count). The summed E-state index contributed by atoms with van der Waals surface area (Å²) in [4.78, 5) is 24.0. The van der Waals surface area contributed by atoms with Gasteiger partial charge in [0.25, 0.3) is 0 Å². The van der Waals surface area contributed by atoms with Crippen molar-refractivity contribution in [1.29, 1.82) is 0 Å². The lowest BCUT2D eigenvalue weighted by molar-refractivity contribution is -0.136. The smallest absolute Gasteiger partial charge is 0.230 e. The maximum Gasteiger partial charge on any atom is 0.230 e. The van der Waals surface area contributed by atoms with E-state index in [1.807, 2.05) is 4.90 Å². The van der Waals surface area contributed by atoms with Crippen LogP contribution < -0.4 is 0 Å². The SMILES string of the molecule is CC(=O)CC(=O)N1CCC[C@H](C)C1. The predicted octanol–water partition coefficient (Wildman–Crippen LogP) is 1.22. The molecule has 3 heteroatoms. The molecule has 74 valence electrons. The molecule has 0 aliphatic carbocycles. The highest BCUT2D eigenvalue weighted by Gasteiger charge is 2.21. The van der Waals surface area contributed by atoms with Gasteiger partial charge < -0.3 is 4.90 Å². The van der Waals surface area contributed by atoms with E-state index in [1.54, 1.807) is 0 Å². The Morgan fingerprint density at radius 2 is 2.15 bits per heavy atom. The van der Waals surface area contributed by atoms with E-state index in [0.29, 0.717) is 5.92 Å². The molecule has 0 unspecified atom stereocenters. The molecule has 0 saturated carbocycles. The molecular weight excluding hydrogens is 166 g/mol. The molecule has 3 nitrogen and oxygen atoms in total. The Morgan fingerprint density at radius 1 is 1.46 bits per heavy atom. The number of rotatable bonds is 2. The van der Waals surface area contributed by atoms with E-state index < -0.39 is 0 Å². The minimum Gasteiger partial charge on any atom is -0.342 e. The standard InChI is InChI=1S/C10H17NO2/c1-8-4-3-5-11(7-8)10(13)6-9(2)12/h8H,3-7H2,1-2H3/t8-/m0/s1. The quantitative estimate of drug-likeness (QED) is 0.604. The van der Waals surface area contributed by atoms with Crippen LogP contribution in [0.5, 0.6) is 0 Å². The number of nitrogens with zero attached hydrogens (tertiary/aromatic N) is 1. The lowest BCUT2D eigenvalue weighted by Crippen LogP contribution is -2.39. The Bertz CT molecular complexity index is 213. The molecule has 1 atom stereocenters. The van der Waals surface area contributed by atoms with Gasteiger partial charge in [0.15, 0.2) is 0 Å². The third kappa shape index (κ3) is 3.17. The van der Waals surface area contributed by atoms with E-state index in [4.69, 9.17) is 0 Å². The van der Waals surface area contributed by atoms with Crippen LogP contribution in [-0.2, 0) is 9.59 Å². The van der Waals surface area contributed by atoms with E-state index in [9.17, 15) is 9.59 Å². The summed E-state index contributed by atoms with van der Waals surface area (Å²) in [6.07, 6.45) is 2.35. The molecule has 0 aromatic rings. The molecule has 0 radical (unpaired) electrons. The number of likely N-dealkylation sites (tertiary alicyclic amines) is 1. The Labute approximate surface area is 79.1 Å². The van der Waals surface area contributed by atoms with Crippen LogP contribution >= 0.6 is 0 Å². The average Bonchev–Trinajstić information content (AvgIpc) is 2.03. The van der Waals surface area contributed by atoms with Crippen molar-refractivity contribution in [3.05, 3.63) is 0 Å². The first-order valence-corrected chi connectivity index (χ1v) is 4.87. The molecule has 1 aliphatic heterocycles. The lowest BCUT2D eigenvalue weighted by Gasteiger charge is -2.30. The van der Waals surface area contributed by atoms with Gasteiger partial charge in [-0.2, -0.15) is 0 Å². The first kappa shape index (κ1) is 10.2. The molecule has 13 heavy (non-hydrogen) atoms. The Kier molecular flexibility index (Phi) is 3.46. The van der Waals surface area contributed by atoms with E-state index in [-0.39, 0.29) is 18.1 Å². The van der Waals surface area contributed by atoms with Gasteiger partial charge in [-0.3, -0.25) is 9.59 Å². The van der Waals surface area contributed by atoms with Gasteiger partial charge >= 0.3 is 0 Å². The number of carbonyl (C=O) groups excluding carboxylic acids is 2. The van der Waals surface area contributed by atoms with Crippen LogP contribution in [0.1, 0.15) is 33.1 Å². The summed E-state index contributed by atoms with van der Waals surface area (Å²) in [6.45, 7) is 5.26. The number of hydrogen-bond donors (Lipinski definition) is 0. The van der Waals surface area contributed by atoms with Crippen molar-refractivity contribution in [3.63, 3.8) is 0 Å². The topological polar surface area (TPSA) is 37.4 Å². The summed E-state index contributed by atoms with van der Waals surface area (Å²) in [5.41, 5.74) is 0. The van der Waals surface area contributed by atoms with Crippen LogP contribution in [0.4, 0.5) is 0 Å². The van der Waals surface area contributed by atoms with Crippen LogP contribution in [0.3, 0.4) is 0 Å². The number of ketones is 1. The highest BCUT2D eigenvalue weighted by atomic mass is 16.2. The van der Waals surface area contributed by atoms with Gasteiger partial charge in [0, 0.05) is 13.1 Å². The molecule has 0 bridgehead atoms. The number of amides is 1. The zero-order chi connectivity index (χ0) is 9.84. The van der Waals surface area contributed by atoms with E-state index >= 15 is 0 Å². The van der Waals surface area contributed by atoms with E-state index in [1.165, 1.54) is 13.3 Å². The van der Waals surface area contributed by atoms with Crippen molar-refractivity contribution >= 4 is 11.7 Å². The third-order valence-electron chi connectivity index (χ3n) is 2.41. The van der Waals surface area contributed by atoms with Crippen molar-refractivity contribution < 1.29 is 9.59 Å². The molecule has 1 saturated heterocycles. The van der Waals surface area contributed by atoms with Crippen LogP contribution in [0.2, 0.25) is 0 Å². The summed E-state index contributed by atoms with van der Waals surface area (Å²) in [5, 5.41) is 0. The Hall–Kier alpha value is -0.860. The molecule has 0 N–H and O–H groups in total. The van der Waals surface area contributed by atoms with Gasteiger partial charge in [-0.25, -0.2) is 0 Å². The normalized spacial score (nSPS) is 22.9. The minimum atomic E-state index is -0.0387. The number of hydrogen-bond acceptors (Lipinski definition) is 2. The molecular formula is C10H17NO2. The molecule has 1 fully saturated rings. The second-order valence-corrected chi connectivity index (χ2v) is 3.97. The zero-order valence-electron chi connectivity index (χ0n) is 8.38. The second-order valence-electron chi connectivity index (χ2n) is 3.97. The van der Waals surface area contributed by atoms with Crippen LogP contribution in [0.15, 0.2) is 0 Å². The average molecular weight is 183 g/mol. The van der Waals surface area contributed by atoms with Gasteiger partial charge in [0.05, 0.1) is 6.42 Å².